The van der Waals surface area contributed by atoms with Crippen LogP contribution >= 0.6 is 0 Å². The van der Waals surface area contributed by atoms with E-state index in [1.54, 1.807) is 11.5 Å². The summed E-state index contributed by atoms with van der Waals surface area (Å²) < 4.78 is 48.9. The third kappa shape index (κ3) is 8.14. The minimum atomic E-state index is -4.79. The number of hydroxylamine groups is 1. The van der Waals surface area contributed by atoms with Crippen LogP contribution < -0.4 is 16.5 Å². The van der Waals surface area contributed by atoms with Gasteiger partial charge in [-0.2, -0.15) is 18.3 Å². The summed E-state index contributed by atoms with van der Waals surface area (Å²) in [7, 11) is 0. The molecule has 0 aliphatic heterocycles. The van der Waals surface area contributed by atoms with Gasteiger partial charge in [-0.3, -0.25) is 19.6 Å². The first kappa shape index (κ1) is 32.5. The summed E-state index contributed by atoms with van der Waals surface area (Å²) in [6.45, 7) is 4.30. The van der Waals surface area contributed by atoms with Crippen LogP contribution in [0.15, 0.2) is 18.2 Å². The van der Waals surface area contributed by atoms with Crippen molar-refractivity contribution in [2.45, 2.75) is 103 Å². The van der Waals surface area contributed by atoms with Crippen LogP contribution in [-0.4, -0.2) is 51.3 Å². The summed E-state index contributed by atoms with van der Waals surface area (Å²) in [4.78, 5) is 36.1. The Morgan fingerprint density at radius 3 is 2.47 bits per heavy atom. The molecule has 1 fully saturated rings. The molecule has 0 unspecified atom stereocenters. The number of unbranched alkanes of at least 4 members (excludes halogenated alkanes) is 3. The molecular weight excluding hydrogens is 567 g/mol. The topological polar surface area (TPSA) is 149 Å². The number of nitrogens with two attached hydrogens (primary N) is 1. The summed E-state index contributed by atoms with van der Waals surface area (Å²) in [5.74, 6) is -1.63. The molecule has 0 atom stereocenters. The molecule has 1 aromatic carbocycles. The number of primary amides is 1. The van der Waals surface area contributed by atoms with Gasteiger partial charge in [-0.1, -0.05) is 26.7 Å². The zero-order chi connectivity index (χ0) is 31.4. The number of ether oxygens (including phenoxy) is 1. The van der Waals surface area contributed by atoms with E-state index in [0.717, 1.165) is 44.9 Å². The summed E-state index contributed by atoms with van der Waals surface area (Å²) in [6.07, 6.45) is 2.38. The second kappa shape index (κ2) is 13.5. The lowest BCUT2D eigenvalue weighted by Gasteiger charge is -2.31. The van der Waals surface area contributed by atoms with Crippen LogP contribution in [0.1, 0.15) is 110 Å². The molecule has 2 aliphatic carbocycles. The highest BCUT2D eigenvalue weighted by molar-refractivity contribution is 6.00. The normalized spacial score (nSPS) is 20.0. The van der Waals surface area contributed by atoms with Gasteiger partial charge in [0.25, 0.3) is 5.91 Å². The van der Waals surface area contributed by atoms with Gasteiger partial charge >= 0.3 is 6.18 Å². The first-order chi connectivity index (χ1) is 20.3. The molecule has 1 aromatic heterocycles. The van der Waals surface area contributed by atoms with E-state index in [4.69, 9.17) is 15.7 Å². The van der Waals surface area contributed by atoms with Crippen molar-refractivity contribution in [3.63, 3.8) is 0 Å². The molecule has 2 amide bonds. The Kier molecular flexibility index (Phi) is 10.2. The van der Waals surface area contributed by atoms with Gasteiger partial charge in [-0.15, -0.1) is 0 Å². The van der Waals surface area contributed by atoms with Gasteiger partial charge < -0.3 is 15.8 Å². The molecule has 1 saturated carbocycles. The smallest absolute Gasteiger partial charge is 0.382 e. The third-order valence-electron chi connectivity index (χ3n) is 8.14. The van der Waals surface area contributed by atoms with Crippen LogP contribution in [0, 0.1) is 5.41 Å². The van der Waals surface area contributed by atoms with Gasteiger partial charge in [0.1, 0.15) is 0 Å². The number of hydrogen-bond acceptors (Lipinski definition) is 7. The summed E-state index contributed by atoms with van der Waals surface area (Å²) in [5.41, 5.74) is 6.29. The molecule has 4 rings (SSSR count). The van der Waals surface area contributed by atoms with E-state index in [2.05, 4.69) is 10.4 Å². The molecule has 1 heterocycles. The number of Topliss-reactive ketones (excluding diaryl/α,β-unsaturated/α-hetero) is 1. The maximum absolute atomic E-state index is 13.9. The highest BCUT2D eigenvalue weighted by Gasteiger charge is 2.45. The largest absolute Gasteiger partial charge is 0.435 e. The Labute approximate surface area is 248 Å². The van der Waals surface area contributed by atoms with Crippen LogP contribution in [0.25, 0.3) is 5.69 Å². The Morgan fingerprint density at radius 2 is 1.81 bits per heavy atom. The van der Waals surface area contributed by atoms with E-state index >= 15 is 0 Å². The fraction of sp³-hybridized carbons (Fsp3) is 0.600. The maximum Gasteiger partial charge on any atom is 0.435 e. The Balaban J connectivity index is 1.42. The van der Waals surface area contributed by atoms with Crippen LogP contribution in [0.3, 0.4) is 0 Å². The lowest BCUT2D eigenvalue weighted by molar-refractivity contribution is -0.141. The predicted octanol–water partition coefficient (Wildman–Crippen LogP) is 5.34. The fourth-order valence-electron chi connectivity index (χ4n) is 6.00. The Morgan fingerprint density at radius 1 is 1.12 bits per heavy atom. The second-order valence-electron chi connectivity index (χ2n) is 12.3. The number of halogens is 3. The van der Waals surface area contributed by atoms with Gasteiger partial charge in [0.15, 0.2) is 11.5 Å². The van der Waals surface area contributed by atoms with Gasteiger partial charge in [-0.05, 0) is 68.6 Å². The number of carbonyl (C=O) groups excluding carboxylic acids is 3. The van der Waals surface area contributed by atoms with Crippen molar-refractivity contribution >= 4 is 23.3 Å². The number of nitrogens with one attached hydrogen (secondary N) is 2. The van der Waals surface area contributed by atoms with E-state index in [1.807, 2.05) is 13.8 Å². The number of anilines is 1. The zero-order valence-corrected chi connectivity index (χ0v) is 24.6. The van der Waals surface area contributed by atoms with E-state index in [-0.39, 0.29) is 47.7 Å². The first-order valence-electron chi connectivity index (χ1n) is 14.8. The summed E-state index contributed by atoms with van der Waals surface area (Å²) in [6, 6.07) is 4.55. The highest BCUT2D eigenvalue weighted by atomic mass is 19.4. The molecule has 2 aliphatic rings. The second-order valence-corrected chi connectivity index (χ2v) is 12.3. The average Bonchev–Trinajstić information content (AvgIpc) is 3.32. The Hall–Kier alpha value is -3.45. The van der Waals surface area contributed by atoms with Gasteiger partial charge in [-0.25, -0.2) is 10.2 Å². The predicted molar refractivity (Wildman–Crippen MR) is 152 cm³/mol. The molecule has 43 heavy (non-hydrogen) atoms. The lowest BCUT2D eigenvalue weighted by Crippen LogP contribution is -2.31. The number of carbonyl (C=O) groups is 3. The van der Waals surface area contributed by atoms with E-state index < -0.39 is 29.0 Å². The van der Waals surface area contributed by atoms with Crippen LogP contribution in [0.4, 0.5) is 18.9 Å². The minimum Gasteiger partial charge on any atom is -0.382 e. The molecule has 5 N–H and O–H groups in total. The number of alkyl halides is 3. The van der Waals surface area contributed by atoms with Crippen LogP contribution in [0.5, 0.6) is 0 Å². The summed E-state index contributed by atoms with van der Waals surface area (Å²) in [5, 5.41) is 15.8. The molecular formula is C30H40F3N5O5. The van der Waals surface area contributed by atoms with Crippen molar-refractivity contribution in [2.24, 2.45) is 11.1 Å². The Bertz CT molecular complexity index is 1330. The van der Waals surface area contributed by atoms with E-state index in [9.17, 15) is 27.6 Å². The molecule has 10 nitrogen and oxygen atoms in total. The number of ketones is 1. The molecule has 0 saturated heterocycles. The van der Waals surface area contributed by atoms with Crippen molar-refractivity contribution in [1.29, 1.82) is 0 Å². The van der Waals surface area contributed by atoms with Crippen molar-refractivity contribution in [3.8, 4) is 5.69 Å². The molecule has 0 radical (unpaired) electrons. The lowest BCUT2D eigenvalue weighted by atomic mass is 9.75. The number of nitrogens with zero attached hydrogens (tertiary/aromatic N) is 2. The number of benzene rings is 1. The zero-order valence-electron chi connectivity index (χ0n) is 24.6. The number of aromatic nitrogens is 2. The molecule has 236 valence electrons. The number of hydrogen-bond donors (Lipinski definition) is 4. The van der Waals surface area contributed by atoms with E-state index in [1.165, 1.54) is 16.8 Å². The molecule has 13 heteroatoms. The fourth-order valence-corrected chi connectivity index (χ4v) is 6.00. The molecule has 0 spiro atoms. The number of fused-ring (bicyclic) bond motifs is 1. The van der Waals surface area contributed by atoms with Crippen LogP contribution in [-0.2, 0) is 22.1 Å². The van der Waals surface area contributed by atoms with Crippen LogP contribution in [0.2, 0.25) is 0 Å². The van der Waals surface area contributed by atoms with Crippen molar-refractivity contribution in [1.82, 2.24) is 15.3 Å². The van der Waals surface area contributed by atoms with Crippen molar-refractivity contribution in [2.75, 3.05) is 11.9 Å². The maximum atomic E-state index is 13.9. The average molecular weight is 608 g/mol. The number of amides is 2. The van der Waals surface area contributed by atoms with Gasteiger partial charge in [0.2, 0.25) is 5.91 Å². The minimum absolute atomic E-state index is 0.0000870. The summed E-state index contributed by atoms with van der Waals surface area (Å²) >= 11 is 0. The standard InChI is InChI=1S/C30H40F3N5O5/c1-29(2)16-23-26(24(39)17-29)27(30(31,32)33)36-38(23)19-10-13-21(28(34)41)22(15-19)35-18-8-11-20(12-9-18)43-14-6-4-3-5-7-25(40)37-42/h10,13,15,18,20,35,42H,3-9,11-12,14,16-17H2,1-2H3,(H2,34,41)(H,37,40). The number of rotatable bonds is 12. The van der Waals surface area contributed by atoms with Crippen molar-refractivity contribution < 1.29 is 37.5 Å². The van der Waals surface area contributed by atoms with Gasteiger partial charge in [0.05, 0.1) is 28.6 Å². The van der Waals surface area contributed by atoms with Crippen molar-refractivity contribution in [3.05, 3.63) is 40.7 Å². The highest BCUT2D eigenvalue weighted by Crippen LogP contribution is 2.42. The first-order valence-corrected chi connectivity index (χ1v) is 14.8. The monoisotopic (exact) mass is 607 g/mol. The van der Waals surface area contributed by atoms with Gasteiger partial charge in [0, 0.05) is 31.2 Å². The molecule has 0 bridgehead atoms. The molecule has 2 aromatic rings. The third-order valence-corrected chi connectivity index (χ3v) is 8.14. The SMILES string of the molecule is CC1(C)CC(=O)c2c(C(F)(F)F)nn(-c3ccc(C(N)=O)c(NC4CCC(OCCCCCCC(=O)NO)CC4)c3)c2C1. The quantitative estimate of drug-likeness (QED) is 0.145. The van der Waals surface area contributed by atoms with E-state index in [0.29, 0.717) is 30.8 Å².